The van der Waals surface area contributed by atoms with E-state index in [1.165, 1.54) is 6.07 Å². The Kier molecular flexibility index (Phi) is 4.37. The van der Waals surface area contributed by atoms with Gasteiger partial charge in [-0.25, -0.2) is 9.18 Å². The highest BCUT2D eigenvalue weighted by atomic mass is 19.1. The fourth-order valence-electron chi connectivity index (χ4n) is 2.59. The van der Waals surface area contributed by atoms with Crippen molar-refractivity contribution in [3.05, 3.63) is 29.6 Å². The SMILES string of the molecule is O=C(O)c1c(F)cccc1NCC1CCCC(O)C1. The Hall–Kier alpha value is -1.62. The molecule has 0 spiro atoms. The molecule has 2 rings (SSSR count). The Balaban J connectivity index is 2.03. The predicted molar refractivity (Wildman–Crippen MR) is 69.8 cm³/mol. The van der Waals surface area contributed by atoms with E-state index in [0.717, 1.165) is 25.3 Å². The molecule has 1 aromatic carbocycles. The number of aliphatic hydroxyl groups excluding tert-OH is 1. The molecule has 0 bridgehead atoms. The number of carboxylic acids is 1. The van der Waals surface area contributed by atoms with Crippen LogP contribution in [0.15, 0.2) is 18.2 Å². The molecule has 1 aliphatic rings. The first kappa shape index (κ1) is 13.8. The van der Waals surface area contributed by atoms with Crippen molar-refractivity contribution in [1.82, 2.24) is 0 Å². The highest BCUT2D eigenvalue weighted by molar-refractivity contribution is 5.94. The quantitative estimate of drug-likeness (QED) is 0.784. The Labute approximate surface area is 111 Å². The van der Waals surface area contributed by atoms with Crippen molar-refractivity contribution in [2.75, 3.05) is 11.9 Å². The number of aromatic carboxylic acids is 1. The number of halogens is 1. The number of nitrogens with one attached hydrogen (secondary N) is 1. The first-order valence-electron chi connectivity index (χ1n) is 6.51. The summed E-state index contributed by atoms with van der Waals surface area (Å²) in [5.74, 6) is -1.71. The molecular formula is C14H18FNO3. The van der Waals surface area contributed by atoms with Gasteiger partial charge in [0.05, 0.1) is 11.8 Å². The number of anilines is 1. The van der Waals surface area contributed by atoms with E-state index in [2.05, 4.69) is 5.32 Å². The molecule has 1 aliphatic carbocycles. The van der Waals surface area contributed by atoms with Gasteiger partial charge in [0.25, 0.3) is 0 Å². The minimum Gasteiger partial charge on any atom is -0.478 e. The molecule has 0 amide bonds. The smallest absolute Gasteiger partial charge is 0.340 e. The van der Waals surface area contributed by atoms with Crippen molar-refractivity contribution in [2.24, 2.45) is 5.92 Å². The molecular weight excluding hydrogens is 249 g/mol. The van der Waals surface area contributed by atoms with Crippen molar-refractivity contribution in [3.63, 3.8) is 0 Å². The lowest BCUT2D eigenvalue weighted by Gasteiger charge is -2.26. The van der Waals surface area contributed by atoms with E-state index in [1.54, 1.807) is 6.07 Å². The minimum absolute atomic E-state index is 0.271. The van der Waals surface area contributed by atoms with Crippen LogP contribution in [0.2, 0.25) is 0 Å². The first-order valence-corrected chi connectivity index (χ1v) is 6.51. The van der Waals surface area contributed by atoms with Gasteiger partial charge in [0, 0.05) is 6.54 Å². The Morgan fingerprint density at radius 2 is 2.21 bits per heavy atom. The zero-order valence-electron chi connectivity index (χ0n) is 10.6. The highest BCUT2D eigenvalue weighted by Crippen LogP contribution is 2.26. The summed E-state index contributed by atoms with van der Waals surface area (Å²) in [6.45, 7) is 0.556. The molecule has 104 valence electrons. The van der Waals surface area contributed by atoms with Gasteiger partial charge in [-0.1, -0.05) is 12.5 Å². The minimum atomic E-state index is -1.27. The fourth-order valence-corrected chi connectivity index (χ4v) is 2.59. The number of hydrogen-bond donors (Lipinski definition) is 3. The van der Waals surface area contributed by atoms with Crippen molar-refractivity contribution in [2.45, 2.75) is 31.8 Å². The topological polar surface area (TPSA) is 69.6 Å². The van der Waals surface area contributed by atoms with Crippen molar-refractivity contribution in [1.29, 1.82) is 0 Å². The van der Waals surface area contributed by atoms with Crippen LogP contribution in [0.1, 0.15) is 36.0 Å². The van der Waals surface area contributed by atoms with E-state index in [4.69, 9.17) is 5.11 Å². The number of rotatable bonds is 4. The Morgan fingerprint density at radius 1 is 1.42 bits per heavy atom. The van der Waals surface area contributed by atoms with Crippen LogP contribution in [-0.2, 0) is 0 Å². The predicted octanol–water partition coefficient (Wildman–Crippen LogP) is 2.49. The largest absolute Gasteiger partial charge is 0.478 e. The molecule has 1 saturated carbocycles. The van der Waals surface area contributed by atoms with Crippen LogP contribution in [0.5, 0.6) is 0 Å². The average molecular weight is 267 g/mol. The Morgan fingerprint density at radius 3 is 2.89 bits per heavy atom. The maximum absolute atomic E-state index is 13.5. The second-order valence-corrected chi connectivity index (χ2v) is 5.03. The maximum Gasteiger partial charge on any atom is 0.340 e. The molecule has 1 aromatic rings. The summed E-state index contributed by atoms with van der Waals surface area (Å²) in [5, 5.41) is 21.6. The molecule has 1 fully saturated rings. The molecule has 0 saturated heterocycles. The van der Waals surface area contributed by atoms with Crippen LogP contribution in [-0.4, -0.2) is 28.8 Å². The summed E-state index contributed by atoms with van der Waals surface area (Å²) in [7, 11) is 0. The monoisotopic (exact) mass is 267 g/mol. The van der Waals surface area contributed by atoms with Gasteiger partial charge in [0.15, 0.2) is 0 Å². The maximum atomic E-state index is 13.5. The molecule has 3 N–H and O–H groups in total. The molecule has 19 heavy (non-hydrogen) atoms. The standard InChI is InChI=1S/C14H18FNO3/c15-11-5-2-6-12(13(11)14(18)19)16-8-9-3-1-4-10(17)7-9/h2,5-6,9-10,16-17H,1,3-4,7-8H2,(H,18,19). The molecule has 2 atom stereocenters. The summed E-state index contributed by atoms with van der Waals surface area (Å²) < 4.78 is 13.5. The third-order valence-corrected chi connectivity index (χ3v) is 3.56. The van der Waals surface area contributed by atoms with Gasteiger partial charge in [0.2, 0.25) is 0 Å². The summed E-state index contributed by atoms with van der Waals surface area (Å²) in [6.07, 6.45) is 3.25. The number of benzene rings is 1. The zero-order valence-corrected chi connectivity index (χ0v) is 10.6. The van der Waals surface area contributed by atoms with E-state index in [9.17, 15) is 14.3 Å². The van der Waals surface area contributed by atoms with Crippen LogP contribution in [0.25, 0.3) is 0 Å². The average Bonchev–Trinajstić information content (AvgIpc) is 2.36. The molecule has 5 heteroatoms. The normalized spacial score (nSPS) is 23.1. The van der Waals surface area contributed by atoms with Crippen molar-refractivity contribution < 1.29 is 19.4 Å². The van der Waals surface area contributed by atoms with Crippen LogP contribution in [0, 0.1) is 11.7 Å². The molecule has 4 nitrogen and oxygen atoms in total. The molecule has 0 aliphatic heterocycles. The number of aliphatic hydroxyl groups is 1. The lowest BCUT2D eigenvalue weighted by atomic mass is 9.87. The lowest BCUT2D eigenvalue weighted by Crippen LogP contribution is -2.25. The van der Waals surface area contributed by atoms with Gasteiger partial charge in [-0.05, 0) is 37.3 Å². The van der Waals surface area contributed by atoms with Crippen LogP contribution < -0.4 is 5.32 Å². The first-order chi connectivity index (χ1) is 9.08. The van der Waals surface area contributed by atoms with Gasteiger partial charge in [0.1, 0.15) is 11.4 Å². The summed E-state index contributed by atoms with van der Waals surface area (Å²) in [4.78, 5) is 11.0. The van der Waals surface area contributed by atoms with E-state index >= 15 is 0 Å². The van der Waals surface area contributed by atoms with Crippen LogP contribution in [0.3, 0.4) is 0 Å². The fraction of sp³-hybridized carbons (Fsp3) is 0.500. The van der Waals surface area contributed by atoms with Gasteiger partial charge >= 0.3 is 5.97 Å². The molecule has 0 radical (unpaired) electrons. The zero-order chi connectivity index (χ0) is 13.8. The molecule has 2 unspecified atom stereocenters. The van der Waals surface area contributed by atoms with Crippen LogP contribution in [0.4, 0.5) is 10.1 Å². The van der Waals surface area contributed by atoms with E-state index < -0.39 is 11.8 Å². The van der Waals surface area contributed by atoms with Gasteiger partial charge < -0.3 is 15.5 Å². The third kappa shape index (κ3) is 3.44. The molecule has 0 heterocycles. The summed E-state index contributed by atoms with van der Waals surface area (Å²) in [5.41, 5.74) is -0.0218. The number of carboxylic acid groups (broad SMARTS) is 1. The highest BCUT2D eigenvalue weighted by Gasteiger charge is 2.21. The van der Waals surface area contributed by atoms with Gasteiger partial charge in [-0.3, -0.25) is 0 Å². The van der Waals surface area contributed by atoms with Crippen molar-refractivity contribution in [3.8, 4) is 0 Å². The number of hydrogen-bond acceptors (Lipinski definition) is 3. The van der Waals surface area contributed by atoms with Gasteiger partial charge in [-0.2, -0.15) is 0 Å². The lowest BCUT2D eigenvalue weighted by molar-refractivity contribution is 0.0692. The summed E-state index contributed by atoms with van der Waals surface area (Å²) in [6, 6.07) is 4.19. The van der Waals surface area contributed by atoms with E-state index in [0.29, 0.717) is 24.6 Å². The summed E-state index contributed by atoms with van der Waals surface area (Å²) >= 11 is 0. The second-order valence-electron chi connectivity index (χ2n) is 5.03. The number of carbonyl (C=O) groups is 1. The second kappa shape index (κ2) is 6.02. The molecule has 0 aromatic heterocycles. The van der Waals surface area contributed by atoms with Crippen molar-refractivity contribution >= 4 is 11.7 Å². The van der Waals surface area contributed by atoms with E-state index in [-0.39, 0.29) is 11.7 Å². The van der Waals surface area contributed by atoms with E-state index in [1.807, 2.05) is 0 Å². The van der Waals surface area contributed by atoms with Crippen LogP contribution >= 0.6 is 0 Å². The Bertz CT molecular complexity index is 464. The van der Waals surface area contributed by atoms with Gasteiger partial charge in [-0.15, -0.1) is 0 Å². The third-order valence-electron chi connectivity index (χ3n) is 3.56.